The Balaban J connectivity index is 0.000000490. The van der Waals surface area contributed by atoms with E-state index < -0.39 is 0 Å². The number of aromatic nitrogens is 2. The molecule has 4 nitrogen and oxygen atoms in total. The molecule has 0 aliphatic heterocycles. The second-order valence-corrected chi connectivity index (χ2v) is 0.904. The predicted molar refractivity (Wildman–Crippen MR) is 20.1 cm³/mol. The van der Waals surface area contributed by atoms with Crippen LogP contribution in [0.2, 0.25) is 0 Å². The van der Waals surface area contributed by atoms with Gasteiger partial charge in [-0.3, -0.25) is 0 Å². The van der Waals surface area contributed by atoms with E-state index in [0.717, 1.165) is 0 Å². The van der Waals surface area contributed by atoms with Crippen molar-refractivity contribution in [3.63, 3.8) is 0 Å². The topological polar surface area (TPSA) is 62.7 Å². The first kappa shape index (κ1) is 3.81. The predicted octanol–water partition coefficient (Wildman–Crippen LogP) is 0.0538. The molecule has 0 spiro atoms. The van der Waals surface area contributed by atoms with Crippen molar-refractivity contribution in [1.82, 2.24) is 10.3 Å². The van der Waals surface area contributed by atoms with Crippen LogP contribution in [0.1, 0.15) is 7.12 Å². The summed E-state index contributed by atoms with van der Waals surface area (Å²) < 4.78 is 4.08. The molecule has 1 heterocycles. The lowest BCUT2D eigenvalue weighted by molar-refractivity contribution is 0.306. The van der Waals surface area contributed by atoms with Gasteiger partial charge in [-0.05, 0) is 5.16 Å². The molecule has 1 aromatic heterocycles. The fourth-order valence-corrected chi connectivity index (χ4v) is 0.214. The van der Waals surface area contributed by atoms with E-state index in [1.165, 1.54) is 6.20 Å². The van der Waals surface area contributed by atoms with Crippen LogP contribution in [0, 0.1) is 11.3 Å². The van der Waals surface area contributed by atoms with Crippen LogP contribution in [-0.4, -0.2) is 10.3 Å². The quantitative estimate of drug-likeness (QED) is 0.458. The SMILES string of the molecule is N#Cc1cnon1.[H+]. The molecular formula is C3H2N3O+. The van der Waals surface area contributed by atoms with Gasteiger partial charge in [-0.2, -0.15) is 5.26 Å². The molecule has 0 radical (unpaired) electrons. The van der Waals surface area contributed by atoms with Crippen molar-refractivity contribution in [1.29, 1.82) is 5.26 Å². The van der Waals surface area contributed by atoms with Gasteiger partial charge < -0.3 is 0 Å². The Kier molecular flexibility index (Phi) is 0.755. The zero-order chi connectivity index (χ0) is 5.11. The third kappa shape index (κ3) is 0.550. The van der Waals surface area contributed by atoms with Gasteiger partial charge in [0.15, 0.2) is 0 Å². The molecule has 7 heavy (non-hydrogen) atoms. The number of nitrogens with zero attached hydrogens (tertiary/aromatic N) is 3. The summed E-state index contributed by atoms with van der Waals surface area (Å²) in [4.78, 5) is 0. The molecule has 0 fully saturated rings. The summed E-state index contributed by atoms with van der Waals surface area (Å²) in [5.41, 5.74) is 0.208. The first-order valence-electron chi connectivity index (χ1n) is 1.61. The maximum Gasteiger partial charge on any atom is 1.00 e. The van der Waals surface area contributed by atoms with Gasteiger partial charge in [0.05, 0.1) is 0 Å². The molecular weight excluding hydrogens is 94.1 g/mol. The molecule has 0 aromatic carbocycles. The van der Waals surface area contributed by atoms with Crippen LogP contribution in [0.15, 0.2) is 10.8 Å². The Morgan fingerprint density at radius 1 is 2.00 bits per heavy atom. The lowest BCUT2D eigenvalue weighted by atomic mass is 10.6. The molecule has 4 heteroatoms. The maximum atomic E-state index is 8.01. The first-order chi connectivity index (χ1) is 3.43. The van der Waals surface area contributed by atoms with Gasteiger partial charge in [-0.15, -0.1) is 0 Å². The van der Waals surface area contributed by atoms with Crippen LogP contribution >= 0.6 is 0 Å². The van der Waals surface area contributed by atoms with Crippen molar-refractivity contribution in [2.45, 2.75) is 0 Å². The zero-order valence-electron chi connectivity index (χ0n) is 4.33. The Morgan fingerprint density at radius 2 is 2.86 bits per heavy atom. The molecule has 1 aromatic rings. The number of nitriles is 1. The lowest BCUT2D eigenvalue weighted by Crippen LogP contribution is -1.64. The normalized spacial score (nSPS) is 7.86. The number of hydrogen-bond acceptors (Lipinski definition) is 4. The molecule has 0 N–H and O–H groups in total. The highest BCUT2D eigenvalue weighted by Gasteiger charge is 1.88. The van der Waals surface area contributed by atoms with Gasteiger partial charge in [0.25, 0.3) is 0 Å². The minimum absolute atomic E-state index is 0. The Morgan fingerprint density at radius 3 is 3.14 bits per heavy atom. The molecule has 0 bridgehead atoms. The van der Waals surface area contributed by atoms with E-state index in [4.69, 9.17) is 5.26 Å². The molecule has 0 aliphatic rings. The Labute approximate surface area is 40.8 Å². The number of rotatable bonds is 0. The fourth-order valence-electron chi connectivity index (χ4n) is 0.214. The fraction of sp³-hybridized carbons (Fsp3) is 0. The molecule has 0 atom stereocenters. The van der Waals surface area contributed by atoms with Crippen molar-refractivity contribution < 1.29 is 6.06 Å². The average Bonchev–Trinajstić information content (AvgIpc) is 2.14. The highest BCUT2D eigenvalue weighted by atomic mass is 16.6. The summed E-state index contributed by atoms with van der Waals surface area (Å²) in [6.45, 7) is 0. The van der Waals surface area contributed by atoms with Crippen LogP contribution in [0.25, 0.3) is 0 Å². The average molecular weight is 96.1 g/mol. The second-order valence-electron chi connectivity index (χ2n) is 0.904. The van der Waals surface area contributed by atoms with E-state index in [-0.39, 0.29) is 7.12 Å². The van der Waals surface area contributed by atoms with Crippen LogP contribution in [0.3, 0.4) is 0 Å². The minimum Gasteiger partial charge on any atom is -0.243 e. The van der Waals surface area contributed by atoms with Gasteiger partial charge >= 0.3 is 1.43 Å². The zero-order valence-corrected chi connectivity index (χ0v) is 3.33. The molecule has 34 valence electrons. The molecule has 0 amide bonds. The van der Waals surface area contributed by atoms with Crippen LogP contribution in [0.5, 0.6) is 0 Å². The van der Waals surface area contributed by atoms with E-state index in [9.17, 15) is 0 Å². The Bertz CT molecular complexity index is 177. The summed E-state index contributed by atoms with van der Waals surface area (Å²) in [7, 11) is 0. The highest BCUT2D eigenvalue weighted by molar-refractivity contribution is 5.11. The first-order valence-corrected chi connectivity index (χ1v) is 1.61. The molecule has 0 aliphatic carbocycles. The lowest BCUT2D eigenvalue weighted by Gasteiger charge is -1.55. The van der Waals surface area contributed by atoms with Gasteiger partial charge in [0.1, 0.15) is 12.3 Å². The van der Waals surface area contributed by atoms with Gasteiger partial charge in [0, 0.05) is 0 Å². The highest BCUT2D eigenvalue weighted by Crippen LogP contribution is 1.82. The van der Waals surface area contributed by atoms with E-state index in [2.05, 4.69) is 14.9 Å². The van der Waals surface area contributed by atoms with Crippen molar-refractivity contribution in [3.05, 3.63) is 11.9 Å². The molecule has 0 saturated heterocycles. The summed E-state index contributed by atoms with van der Waals surface area (Å²) in [6, 6.07) is 1.74. The number of hydrogen-bond donors (Lipinski definition) is 0. The maximum absolute atomic E-state index is 8.01. The summed E-state index contributed by atoms with van der Waals surface area (Å²) >= 11 is 0. The van der Waals surface area contributed by atoms with Crippen LogP contribution in [0.4, 0.5) is 0 Å². The summed E-state index contributed by atoms with van der Waals surface area (Å²) in [5, 5.41) is 14.4. The molecule has 0 saturated carbocycles. The van der Waals surface area contributed by atoms with Gasteiger partial charge in [0.2, 0.25) is 5.69 Å². The van der Waals surface area contributed by atoms with Crippen molar-refractivity contribution in [3.8, 4) is 6.07 Å². The summed E-state index contributed by atoms with van der Waals surface area (Å²) in [5.74, 6) is 0. The van der Waals surface area contributed by atoms with E-state index in [0.29, 0.717) is 0 Å². The van der Waals surface area contributed by atoms with Crippen molar-refractivity contribution in [2.24, 2.45) is 0 Å². The standard InChI is InChI=1S/C3HN3O/c4-1-3-2-5-7-6-3/h2H/p+1. The molecule has 0 unspecified atom stereocenters. The third-order valence-electron chi connectivity index (χ3n) is 0.476. The van der Waals surface area contributed by atoms with Crippen molar-refractivity contribution in [2.75, 3.05) is 0 Å². The van der Waals surface area contributed by atoms with Crippen molar-refractivity contribution >= 4 is 0 Å². The monoisotopic (exact) mass is 96.0 g/mol. The Hall–Kier alpha value is -1.37. The minimum atomic E-state index is 0. The van der Waals surface area contributed by atoms with Gasteiger partial charge in [-0.1, -0.05) is 5.16 Å². The van der Waals surface area contributed by atoms with E-state index in [1.54, 1.807) is 6.07 Å². The third-order valence-corrected chi connectivity index (χ3v) is 0.476. The van der Waals surface area contributed by atoms with Gasteiger partial charge in [-0.25, -0.2) is 4.63 Å². The van der Waals surface area contributed by atoms with E-state index >= 15 is 0 Å². The molecule has 1 rings (SSSR count). The largest absolute Gasteiger partial charge is 1.00 e. The van der Waals surface area contributed by atoms with Crippen LogP contribution in [-0.2, 0) is 0 Å². The second kappa shape index (κ2) is 1.39. The van der Waals surface area contributed by atoms with E-state index in [1.807, 2.05) is 0 Å². The smallest absolute Gasteiger partial charge is 0.243 e. The van der Waals surface area contributed by atoms with Crippen LogP contribution < -0.4 is 0 Å². The summed E-state index contributed by atoms with van der Waals surface area (Å²) in [6.07, 6.45) is 1.25.